The molecule has 0 fully saturated rings. The minimum atomic E-state index is -0.548. The van der Waals surface area contributed by atoms with E-state index in [0.29, 0.717) is 12.0 Å². The van der Waals surface area contributed by atoms with Crippen LogP contribution in [0.4, 0.5) is 4.39 Å². The summed E-state index contributed by atoms with van der Waals surface area (Å²) in [6.45, 7) is 4.15. The van der Waals surface area contributed by atoms with Gasteiger partial charge in [0.25, 0.3) is 0 Å². The van der Waals surface area contributed by atoms with Gasteiger partial charge >= 0.3 is 0 Å². The Morgan fingerprint density at radius 1 is 1.42 bits per heavy atom. The van der Waals surface area contributed by atoms with E-state index in [4.69, 9.17) is 4.74 Å². The molecule has 100 valence electrons. The van der Waals surface area contributed by atoms with Crippen molar-refractivity contribution in [2.75, 3.05) is 0 Å². The fourth-order valence-electron chi connectivity index (χ4n) is 1.66. The summed E-state index contributed by atoms with van der Waals surface area (Å²) in [4.78, 5) is 10.8. The van der Waals surface area contributed by atoms with Crippen LogP contribution in [0.15, 0.2) is 30.5 Å². The summed E-state index contributed by atoms with van der Waals surface area (Å²) in [5.74, 6) is -0.579. The fourth-order valence-corrected chi connectivity index (χ4v) is 1.66. The van der Waals surface area contributed by atoms with Crippen molar-refractivity contribution in [3.8, 4) is 5.75 Å². The summed E-state index contributed by atoms with van der Waals surface area (Å²) in [6.07, 6.45) is 2.41. The zero-order valence-electron chi connectivity index (χ0n) is 10.8. The quantitative estimate of drug-likeness (QED) is 0.778. The smallest absolute Gasteiger partial charge is 0.166 e. The first-order valence-corrected chi connectivity index (χ1v) is 6.02. The number of rotatable bonds is 5. The van der Waals surface area contributed by atoms with Crippen molar-refractivity contribution >= 4 is 6.29 Å². The van der Waals surface area contributed by atoms with Gasteiger partial charge in [-0.05, 0) is 32.0 Å². The van der Waals surface area contributed by atoms with Crippen LogP contribution in [-0.2, 0) is 6.61 Å². The van der Waals surface area contributed by atoms with Crippen LogP contribution in [0.25, 0.3) is 0 Å². The highest BCUT2D eigenvalue weighted by Crippen LogP contribution is 2.22. The number of benzene rings is 1. The number of hydrogen-bond donors (Lipinski definition) is 0. The third-order valence-corrected chi connectivity index (χ3v) is 2.68. The summed E-state index contributed by atoms with van der Waals surface area (Å²) >= 11 is 0. The Morgan fingerprint density at radius 2 is 2.21 bits per heavy atom. The molecule has 0 unspecified atom stereocenters. The monoisotopic (exact) mass is 262 g/mol. The van der Waals surface area contributed by atoms with Crippen LogP contribution in [0.2, 0.25) is 0 Å². The van der Waals surface area contributed by atoms with Gasteiger partial charge in [0, 0.05) is 12.2 Å². The maximum Gasteiger partial charge on any atom is 0.166 e. The first-order valence-electron chi connectivity index (χ1n) is 6.02. The minimum Gasteiger partial charge on any atom is -0.483 e. The van der Waals surface area contributed by atoms with Gasteiger partial charge < -0.3 is 4.74 Å². The summed E-state index contributed by atoms with van der Waals surface area (Å²) in [5.41, 5.74) is 0.886. The van der Waals surface area contributed by atoms with Crippen molar-refractivity contribution in [3.05, 3.63) is 47.5 Å². The molecule has 1 heterocycles. The molecule has 0 N–H and O–H groups in total. The predicted molar refractivity (Wildman–Crippen MR) is 68.7 cm³/mol. The average Bonchev–Trinajstić information content (AvgIpc) is 2.86. The van der Waals surface area contributed by atoms with Gasteiger partial charge in [0.1, 0.15) is 6.61 Å². The zero-order valence-corrected chi connectivity index (χ0v) is 10.8. The van der Waals surface area contributed by atoms with Crippen molar-refractivity contribution in [1.82, 2.24) is 9.78 Å². The molecule has 0 atom stereocenters. The molecule has 0 aliphatic carbocycles. The van der Waals surface area contributed by atoms with E-state index in [-0.39, 0.29) is 24.0 Å². The zero-order chi connectivity index (χ0) is 13.8. The third kappa shape index (κ3) is 2.99. The maximum atomic E-state index is 13.6. The maximum absolute atomic E-state index is 13.6. The fraction of sp³-hybridized carbons (Fsp3) is 0.286. The highest BCUT2D eigenvalue weighted by Gasteiger charge is 2.10. The Hall–Kier alpha value is -2.17. The normalized spacial score (nSPS) is 10.7. The molecule has 0 aliphatic heterocycles. The third-order valence-electron chi connectivity index (χ3n) is 2.68. The molecule has 0 spiro atoms. The molecule has 0 saturated heterocycles. The number of halogens is 1. The van der Waals surface area contributed by atoms with E-state index in [1.165, 1.54) is 18.2 Å². The SMILES string of the molecule is CC(C)n1ccc(COc2c(F)cccc2C=O)n1. The van der Waals surface area contributed by atoms with Crippen molar-refractivity contribution in [3.63, 3.8) is 0 Å². The number of carbonyl (C=O) groups excluding carboxylic acids is 1. The van der Waals surface area contributed by atoms with Crippen molar-refractivity contribution in [2.24, 2.45) is 0 Å². The molecule has 4 nitrogen and oxygen atoms in total. The van der Waals surface area contributed by atoms with Crippen LogP contribution in [0.5, 0.6) is 5.75 Å². The van der Waals surface area contributed by atoms with Gasteiger partial charge in [0.15, 0.2) is 17.9 Å². The lowest BCUT2D eigenvalue weighted by Gasteiger charge is -2.08. The lowest BCUT2D eigenvalue weighted by Crippen LogP contribution is -2.04. The molecule has 0 radical (unpaired) electrons. The van der Waals surface area contributed by atoms with Crippen molar-refractivity contribution in [2.45, 2.75) is 26.5 Å². The molecule has 1 aromatic heterocycles. The Kier molecular flexibility index (Phi) is 3.94. The Morgan fingerprint density at radius 3 is 2.84 bits per heavy atom. The lowest BCUT2D eigenvalue weighted by molar-refractivity contribution is 0.111. The number of hydrogen-bond acceptors (Lipinski definition) is 3. The van der Waals surface area contributed by atoms with Crippen LogP contribution < -0.4 is 4.74 Å². The van der Waals surface area contributed by atoms with E-state index in [1.807, 2.05) is 20.0 Å². The van der Waals surface area contributed by atoms with Crippen molar-refractivity contribution in [1.29, 1.82) is 0 Å². The van der Waals surface area contributed by atoms with Gasteiger partial charge in [-0.2, -0.15) is 5.10 Å². The number of aldehydes is 1. The van der Waals surface area contributed by atoms with Gasteiger partial charge in [-0.15, -0.1) is 0 Å². The summed E-state index contributed by atoms with van der Waals surface area (Å²) in [7, 11) is 0. The molecule has 19 heavy (non-hydrogen) atoms. The molecule has 1 aromatic carbocycles. The molecular formula is C14H15FN2O2. The largest absolute Gasteiger partial charge is 0.483 e. The Balaban J connectivity index is 2.12. The minimum absolute atomic E-state index is 0.0309. The highest BCUT2D eigenvalue weighted by atomic mass is 19.1. The molecule has 0 bridgehead atoms. The second-order valence-electron chi connectivity index (χ2n) is 4.45. The van der Waals surface area contributed by atoms with E-state index in [2.05, 4.69) is 5.10 Å². The van der Waals surface area contributed by atoms with E-state index in [9.17, 15) is 9.18 Å². The van der Waals surface area contributed by atoms with E-state index < -0.39 is 5.82 Å². The van der Waals surface area contributed by atoms with Crippen molar-refractivity contribution < 1.29 is 13.9 Å². The summed E-state index contributed by atoms with van der Waals surface area (Å²) in [5, 5.41) is 4.29. The number of nitrogens with zero attached hydrogens (tertiary/aromatic N) is 2. The first-order chi connectivity index (χ1) is 9.11. The van der Waals surface area contributed by atoms with Crippen LogP contribution >= 0.6 is 0 Å². The lowest BCUT2D eigenvalue weighted by atomic mass is 10.2. The van der Waals surface area contributed by atoms with E-state index in [1.54, 1.807) is 10.7 Å². The topological polar surface area (TPSA) is 44.1 Å². The van der Waals surface area contributed by atoms with Gasteiger partial charge in [-0.1, -0.05) is 6.07 Å². The predicted octanol–water partition coefficient (Wildman–Crippen LogP) is 2.99. The second-order valence-corrected chi connectivity index (χ2v) is 4.45. The van der Waals surface area contributed by atoms with Crippen LogP contribution in [0.1, 0.15) is 35.9 Å². The van der Waals surface area contributed by atoms with Crippen LogP contribution in [0, 0.1) is 5.82 Å². The van der Waals surface area contributed by atoms with E-state index in [0.717, 1.165) is 0 Å². The van der Waals surface area contributed by atoms with Crippen LogP contribution in [-0.4, -0.2) is 16.1 Å². The molecule has 2 rings (SSSR count). The van der Waals surface area contributed by atoms with Gasteiger partial charge in [-0.25, -0.2) is 4.39 Å². The Bertz CT molecular complexity index is 579. The summed E-state index contributed by atoms with van der Waals surface area (Å²) in [6, 6.07) is 6.31. The molecule has 0 saturated carbocycles. The molecule has 5 heteroatoms. The second kappa shape index (κ2) is 5.65. The Labute approximate surface area is 110 Å². The number of para-hydroxylation sites is 1. The molecule has 0 amide bonds. The number of ether oxygens (including phenoxy) is 1. The molecule has 0 aliphatic rings. The number of aromatic nitrogens is 2. The van der Waals surface area contributed by atoms with Gasteiger partial charge in [0.05, 0.1) is 11.3 Å². The van der Waals surface area contributed by atoms with Gasteiger partial charge in [0.2, 0.25) is 0 Å². The summed E-state index contributed by atoms with van der Waals surface area (Å²) < 4.78 is 20.7. The molecule has 2 aromatic rings. The molecular weight excluding hydrogens is 247 g/mol. The van der Waals surface area contributed by atoms with Gasteiger partial charge in [-0.3, -0.25) is 9.48 Å². The van der Waals surface area contributed by atoms with E-state index >= 15 is 0 Å². The van der Waals surface area contributed by atoms with Crippen LogP contribution in [0.3, 0.4) is 0 Å². The average molecular weight is 262 g/mol. The first kappa shape index (κ1) is 13.3. The number of carbonyl (C=O) groups is 1. The highest BCUT2D eigenvalue weighted by molar-refractivity contribution is 5.79. The standard InChI is InChI=1S/C14H15FN2O2/c1-10(2)17-7-6-12(16-17)9-19-14-11(8-18)4-3-5-13(14)15/h3-8,10H,9H2,1-2H3.